The fraction of sp³-hybridized carbons (Fsp3) is 0.273. The summed E-state index contributed by atoms with van der Waals surface area (Å²) in [5, 5.41) is 8.85. The Morgan fingerprint density at radius 1 is 1.25 bits per heavy atom. The van der Waals surface area contributed by atoms with Gasteiger partial charge in [0.15, 0.2) is 0 Å². The van der Waals surface area contributed by atoms with Crippen LogP contribution in [0.5, 0.6) is 5.75 Å². The second-order valence-electron chi connectivity index (χ2n) is 2.98. The average molecular weight is 224 g/mol. The second-order valence-corrected chi connectivity index (χ2v) is 2.98. The van der Waals surface area contributed by atoms with Crippen molar-refractivity contribution in [2.24, 2.45) is 0 Å². The first kappa shape index (κ1) is 12.0. The van der Waals surface area contributed by atoms with Crippen LogP contribution < -0.4 is 4.74 Å². The minimum absolute atomic E-state index is 0.00801. The van der Waals surface area contributed by atoms with Gasteiger partial charge in [0.1, 0.15) is 5.75 Å². The van der Waals surface area contributed by atoms with E-state index in [2.05, 4.69) is 4.74 Å². The van der Waals surface area contributed by atoms with Crippen LogP contribution in [0.4, 0.5) is 0 Å². The van der Waals surface area contributed by atoms with Crippen molar-refractivity contribution in [3.05, 3.63) is 29.3 Å². The molecular weight excluding hydrogens is 212 g/mol. The zero-order valence-corrected chi connectivity index (χ0v) is 9.02. The zero-order chi connectivity index (χ0) is 12.1. The minimum Gasteiger partial charge on any atom is -0.494 e. The van der Waals surface area contributed by atoms with Gasteiger partial charge in [0.25, 0.3) is 0 Å². The Balaban J connectivity index is 3.18. The molecule has 0 aromatic heterocycles. The van der Waals surface area contributed by atoms with Crippen LogP contribution >= 0.6 is 0 Å². The molecule has 0 heterocycles. The normalized spacial score (nSPS) is 9.62. The van der Waals surface area contributed by atoms with Gasteiger partial charge in [0, 0.05) is 0 Å². The highest BCUT2D eigenvalue weighted by Gasteiger charge is 2.12. The smallest absolute Gasteiger partial charge is 0.338 e. The number of ether oxygens (including phenoxy) is 2. The van der Waals surface area contributed by atoms with Crippen LogP contribution in [0.1, 0.15) is 27.6 Å². The molecular formula is C11H12O5. The second kappa shape index (κ2) is 5.16. The largest absolute Gasteiger partial charge is 0.494 e. The van der Waals surface area contributed by atoms with Crippen molar-refractivity contribution in [1.29, 1.82) is 0 Å². The molecule has 1 aromatic rings. The summed E-state index contributed by atoms with van der Waals surface area (Å²) in [6, 6.07) is 4.05. The van der Waals surface area contributed by atoms with Gasteiger partial charge in [0.05, 0.1) is 24.8 Å². The molecule has 0 saturated carbocycles. The Morgan fingerprint density at radius 3 is 2.38 bits per heavy atom. The lowest BCUT2D eigenvalue weighted by Gasteiger charge is -2.06. The van der Waals surface area contributed by atoms with Gasteiger partial charge in [0.2, 0.25) is 0 Å². The lowest BCUT2D eigenvalue weighted by atomic mass is 10.1. The molecule has 1 N–H and O–H groups in total. The molecule has 1 rings (SSSR count). The van der Waals surface area contributed by atoms with Crippen molar-refractivity contribution in [3.63, 3.8) is 0 Å². The van der Waals surface area contributed by atoms with E-state index in [9.17, 15) is 9.59 Å². The third-order valence-corrected chi connectivity index (χ3v) is 1.89. The Labute approximate surface area is 92.6 Å². The predicted octanol–water partition coefficient (Wildman–Crippen LogP) is 1.57. The third-order valence-electron chi connectivity index (χ3n) is 1.89. The molecule has 0 saturated heterocycles. The molecule has 0 amide bonds. The van der Waals surface area contributed by atoms with E-state index in [4.69, 9.17) is 9.84 Å². The summed E-state index contributed by atoms with van der Waals surface area (Å²) >= 11 is 0. The number of carbonyl (C=O) groups is 2. The molecule has 5 nitrogen and oxygen atoms in total. The van der Waals surface area contributed by atoms with Crippen LogP contribution in [0.3, 0.4) is 0 Å². The third kappa shape index (κ3) is 2.73. The Kier molecular flexibility index (Phi) is 3.88. The van der Waals surface area contributed by atoms with E-state index in [0.29, 0.717) is 12.4 Å². The molecule has 5 heteroatoms. The summed E-state index contributed by atoms with van der Waals surface area (Å²) < 4.78 is 9.68. The van der Waals surface area contributed by atoms with E-state index in [-0.39, 0.29) is 11.1 Å². The zero-order valence-electron chi connectivity index (χ0n) is 9.02. The number of carbonyl (C=O) groups excluding carboxylic acids is 1. The van der Waals surface area contributed by atoms with Gasteiger partial charge in [-0.05, 0) is 25.1 Å². The fourth-order valence-electron chi connectivity index (χ4n) is 1.21. The van der Waals surface area contributed by atoms with Crippen LogP contribution in [0.25, 0.3) is 0 Å². The highest BCUT2D eigenvalue weighted by Crippen LogP contribution is 2.18. The number of hydrogen-bond acceptors (Lipinski definition) is 4. The van der Waals surface area contributed by atoms with Crippen LogP contribution in [0.2, 0.25) is 0 Å². The average Bonchev–Trinajstić information content (AvgIpc) is 2.28. The standard InChI is InChI=1S/C11H12O5/c1-3-16-9-5-7(10(12)13)4-8(6-9)11(14)15-2/h4-6H,3H2,1-2H3,(H,12,13). The number of carboxylic acids is 1. The number of hydrogen-bond donors (Lipinski definition) is 1. The summed E-state index contributed by atoms with van der Waals surface area (Å²) in [5.41, 5.74) is 0.150. The first-order valence-corrected chi connectivity index (χ1v) is 4.68. The lowest BCUT2D eigenvalue weighted by molar-refractivity contribution is 0.0600. The Bertz CT molecular complexity index is 411. The minimum atomic E-state index is -1.12. The molecule has 0 unspecified atom stereocenters. The van der Waals surface area contributed by atoms with Gasteiger partial charge in [-0.3, -0.25) is 0 Å². The molecule has 0 radical (unpaired) electrons. The molecule has 0 spiro atoms. The van der Waals surface area contributed by atoms with Crippen molar-refractivity contribution >= 4 is 11.9 Å². The van der Waals surface area contributed by atoms with Crippen molar-refractivity contribution in [1.82, 2.24) is 0 Å². The molecule has 1 aromatic carbocycles. The molecule has 0 atom stereocenters. The SMILES string of the molecule is CCOc1cc(C(=O)O)cc(C(=O)OC)c1. The summed E-state index contributed by atoms with van der Waals surface area (Å²) in [6.07, 6.45) is 0. The molecule has 16 heavy (non-hydrogen) atoms. The van der Waals surface area contributed by atoms with Crippen molar-refractivity contribution < 1.29 is 24.2 Å². The Morgan fingerprint density at radius 2 is 1.88 bits per heavy atom. The highest BCUT2D eigenvalue weighted by molar-refractivity contribution is 5.95. The van der Waals surface area contributed by atoms with E-state index >= 15 is 0 Å². The van der Waals surface area contributed by atoms with Crippen LogP contribution in [-0.2, 0) is 4.74 Å². The molecule has 86 valence electrons. The van der Waals surface area contributed by atoms with Crippen molar-refractivity contribution in [2.75, 3.05) is 13.7 Å². The van der Waals surface area contributed by atoms with Gasteiger partial charge >= 0.3 is 11.9 Å². The number of rotatable bonds is 4. The van der Waals surface area contributed by atoms with Crippen LogP contribution in [0, 0.1) is 0 Å². The number of methoxy groups -OCH3 is 1. The predicted molar refractivity (Wildman–Crippen MR) is 55.9 cm³/mol. The number of carboxylic acid groups (broad SMARTS) is 1. The summed E-state index contributed by atoms with van der Waals surface area (Å²) in [7, 11) is 1.23. The van der Waals surface area contributed by atoms with E-state index in [0.717, 1.165) is 0 Å². The summed E-state index contributed by atoms with van der Waals surface area (Å²) in [5.74, 6) is -1.38. The first-order valence-electron chi connectivity index (χ1n) is 4.68. The Hall–Kier alpha value is -2.04. The monoisotopic (exact) mass is 224 g/mol. The van der Waals surface area contributed by atoms with E-state index in [1.807, 2.05) is 0 Å². The van der Waals surface area contributed by atoms with E-state index in [1.54, 1.807) is 6.92 Å². The van der Waals surface area contributed by atoms with Crippen molar-refractivity contribution in [2.45, 2.75) is 6.92 Å². The van der Waals surface area contributed by atoms with Crippen LogP contribution in [-0.4, -0.2) is 30.8 Å². The van der Waals surface area contributed by atoms with E-state index < -0.39 is 11.9 Å². The van der Waals surface area contributed by atoms with Gasteiger partial charge in [-0.15, -0.1) is 0 Å². The first-order chi connectivity index (χ1) is 7.58. The quantitative estimate of drug-likeness (QED) is 0.786. The molecule has 0 fully saturated rings. The van der Waals surface area contributed by atoms with Gasteiger partial charge in [-0.25, -0.2) is 9.59 Å². The number of benzene rings is 1. The topological polar surface area (TPSA) is 72.8 Å². The maximum atomic E-state index is 11.3. The summed E-state index contributed by atoms with van der Waals surface area (Å²) in [4.78, 5) is 22.1. The van der Waals surface area contributed by atoms with Gasteiger partial charge in [-0.1, -0.05) is 0 Å². The van der Waals surface area contributed by atoms with Crippen LogP contribution in [0.15, 0.2) is 18.2 Å². The van der Waals surface area contributed by atoms with Gasteiger partial charge in [-0.2, -0.15) is 0 Å². The van der Waals surface area contributed by atoms with Crippen molar-refractivity contribution in [3.8, 4) is 5.75 Å². The number of esters is 1. The molecule has 0 aliphatic heterocycles. The fourth-order valence-corrected chi connectivity index (χ4v) is 1.21. The molecule has 0 bridgehead atoms. The lowest BCUT2D eigenvalue weighted by Crippen LogP contribution is -2.06. The highest BCUT2D eigenvalue weighted by atomic mass is 16.5. The van der Waals surface area contributed by atoms with E-state index in [1.165, 1.54) is 25.3 Å². The maximum Gasteiger partial charge on any atom is 0.338 e. The van der Waals surface area contributed by atoms with Gasteiger partial charge < -0.3 is 14.6 Å². The summed E-state index contributed by atoms with van der Waals surface area (Å²) in [6.45, 7) is 2.16. The molecule has 0 aliphatic rings. The maximum absolute atomic E-state index is 11.3. The number of aromatic carboxylic acids is 1. The molecule has 0 aliphatic carbocycles.